The van der Waals surface area contributed by atoms with Crippen molar-refractivity contribution in [3.63, 3.8) is 0 Å². The fourth-order valence-corrected chi connectivity index (χ4v) is 3.53. The lowest BCUT2D eigenvalue weighted by molar-refractivity contribution is -0.119. The third-order valence-corrected chi connectivity index (χ3v) is 4.93. The van der Waals surface area contributed by atoms with Crippen LogP contribution in [0, 0.1) is 0 Å². The maximum Gasteiger partial charge on any atom is 0.289 e. The van der Waals surface area contributed by atoms with Gasteiger partial charge in [-0.3, -0.25) is 9.59 Å². The van der Waals surface area contributed by atoms with Crippen molar-refractivity contribution in [3.05, 3.63) is 46.9 Å². The topological polar surface area (TPSA) is 121 Å². The number of aliphatic imine (C=N–C) groups is 1. The number of carbonyl (C=O) groups is 2. The minimum Gasteiger partial charge on any atom is -0.493 e. The Morgan fingerprint density at radius 3 is 2.87 bits per heavy atom. The van der Waals surface area contributed by atoms with Crippen molar-refractivity contribution in [1.29, 1.82) is 0 Å². The first-order valence-electron chi connectivity index (χ1n) is 8.80. The fraction of sp³-hybridized carbons (Fsp3) is 0.150. The molecule has 0 bridgehead atoms. The number of fused-ring (bicyclic) bond motifs is 1. The lowest BCUT2D eigenvalue weighted by atomic mass is 10.2. The molecule has 2 heterocycles. The average Bonchev–Trinajstić information content (AvgIpc) is 3.32. The number of primary amides is 1. The number of rotatable bonds is 6. The SMILES string of the molecule is COc1ccc(/C=C2\SC(=O)NC2=Nc2ccc3c(c2)OCO3)cc1OCC(N)=O. The molecule has 4 rings (SSSR count). The van der Waals surface area contributed by atoms with Crippen LogP contribution >= 0.6 is 11.8 Å². The average molecular weight is 427 g/mol. The van der Waals surface area contributed by atoms with Crippen LogP contribution in [0.4, 0.5) is 10.5 Å². The predicted molar refractivity (Wildman–Crippen MR) is 111 cm³/mol. The van der Waals surface area contributed by atoms with E-state index in [2.05, 4.69) is 10.3 Å². The van der Waals surface area contributed by atoms with Crippen molar-refractivity contribution in [2.45, 2.75) is 0 Å². The van der Waals surface area contributed by atoms with Crippen LogP contribution in [0.1, 0.15) is 5.56 Å². The number of benzene rings is 2. The molecule has 2 amide bonds. The lowest BCUT2D eigenvalue weighted by Crippen LogP contribution is -2.20. The largest absolute Gasteiger partial charge is 0.493 e. The first-order valence-corrected chi connectivity index (χ1v) is 9.62. The maximum atomic E-state index is 12.0. The molecule has 30 heavy (non-hydrogen) atoms. The van der Waals surface area contributed by atoms with Gasteiger partial charge in [0.25, 0.3) is 11.1 Å². The molecule has 0 atom stereocenters. The van der Waals surface area contributed by atoms with E-state index in [9.17, 15) is 9.59 Å². The quantitative estimate of drug-likeness (QED) is 0.727. The van der Waals surface area contributed by atoms with E-state index >= 15 is 0 Å². The lowest BCUT2D eigenvalue weighted by Gasteiger charge is -2.10. The van der Waals surface area contributed by atoms with E-state index in [1.165, 1.54) is 7.11 Å². The first kappa shape index (κ1) is 19.6. The molecule has 0 aliphatic carbocycles. The summed E-state index contributed by atoms with van der Waals surface area (Å²) in [5.41, 5.74) is 6.49. The highest BCUT2D eigenvalue weighted by Gasteiger charge is 2.24. The van der Waals surface area contributed by atoms with Crippen LogP contribution in [-0.4, -0.2) is 37.5 Å². The molecule has 2 aliphatic heterocycles. The summed E-state index contributed by atoms with van der Waals surface area (Å²) < 4.78 is 21.3. The number of nitrogens with zero attached hydrogens (tertiary/aromatic N) is 1. The zero-order valence-electron chi connectivity index (χ0n) is 15.8. The third-order valence-electron chi connectivity index (χ3n) is 4.11. The molecule has 0 aromatic heterocycles. The first-order chi connectivity index (χ1) is 14.5. The molecular formula is C20H17N3O6S. The van der Waals surface area contributed by atoms with Crippen LogP contribution in [0.25, 0.3) is 6.08 Å². The van der Waals surface area contributed by atoms with E-state index in [0.29, 0.717) is 39.4 Å². The molecule has 3 N–H and O–H groups in total. The van der Waals surface area contributed by atoms with Crippen molar-refractivity contribution < 1.29 is 28.5 Å². The molecule has 1 fully saturated rings. The summed E-state index contributed by atoms with van der Waals surface area (Å²) in [6.07, 6.45) is 1.78. The second-order valence-corrected chi connectivity index (χ2v) is 7.20. The number of amidine groups is 1. The van der Waals surface area contributed by atoms with Gasteiger partial charge in [0, 0.05) is 6.07 Å². The third kappa shape index (κ3) is 4.33. The Kier molecular flexibility index (Phi) is 5.48. The molecular weight excluding hydrogens is 410 g/mol. The van der Waals surface area contributed by atoms with Gasteiger partial charge in [-0.2, -0.15) is 0 Å². The van der Waals surface area contributed by atoms with Gasteiger partial charge < -0.3 is 30.0 Å². The van der Waals surface area contributed by atoms with Crippen LogP contribution < -0.4 is 30.0 Å². The number of hydrogen-bond donors (Lipinski definition) is 2. The molecule has 0 unspecified atom stereocenters. The molecule has 2 aliphatic rings. The summed E-state index contributed by atoms with van der Waals surface area (Å²) >= 11 is 1.03. The van der Waals surface area contributed by atoms with E-state index in [-0.39, 0.29) is 18.6 Å². The van der Waals surface area contributed by atoms with Gasteiger partial charge >= 0.3 is 0 Å². The van der Waals surface area contributed by atoms with Crippen molar-refractivity contribution in [1.82, 2.24) is 5.32 Å². The molecule has 10 heteroatoms. The molecule has 2 aromatic rings. The number of methoxy groups -OCH3 is 1. The van der Waals surface area contributed by atoms with Crippen molar-refractivity contribution in [2.24, 2.45) is 10.7 Å². The van der Waals surface area contributed by atoms with Crippen LogP contribution in [0.2, 0.25) is 0 Å². The Labute approximate surface area is 175 Å². The molecule has 1 saturated heterocycles. The van der Waals surface area contributed by atoms with Crippen LogP contribution in [0.15, 0.2) is 46.3 Å². The Morgan fingerprint density at radius 1 is 1.23 bits per heavy atom. The number of nitrogens with one attached hydrogen (secondary N) is 1. The number of nitrogens with two attached hydrogens (primary N) is 1. The minimum atomic E-state index is -0.597. The smallest absolute Gasteiger partial charge is 0.289 e. The van der Waals surface area contributed by atoms with E-state index in [1.54, 1.807) is 42.5 Å². The number of amides is 2. The molecule has 2 aromatic carbocycles. The summed E-state index contributed by atoms with van der Waals surface area (Å²) in [4.78, 5) is 28.1. The summed E-state index contributed by atoms with van der Waals surface area (Å²) in [7, 11) is 1.50. The maximum absolute atomic E-state index is 12.0. The molecule has 154 valence electrons. The zero-order chi connectivity index (χ0) is 21.1. The summed E-state index contributed by atoms with van der Waals surface area (Å²) in [5, 5.41) is 2.50. The van der Waals surface area contributed by atoms with Crippen molar-refractivity contribution >= 4 is 40.5 Å². The molecule has 0 saturated carbocycles. The number of hydrogen-bond acceptors (Lipinski definition) is 8. The van der Waals surface area contributed by atoms with Crippen molar-refractivity contribution in [2.75, 3.05) is 20.5 Å². The normalized spacial score (nSPS) is 17.3. The number of thioether (sulfide) groups is 1. The van der Waals surface area contributed by atoms with E-state index in [4.69, 9.17) is 24.7 Å². The Hall–Kier alpha value is -3.66. The molecule has 0 spiro atoms. The van der Waals surface area contributed by atoms with E-state index < -0.39 is 5.91 Å². The Morgan fingerprint density at radius 2 is 2.07 bits per heavy atom. The van der Waals surface area contributed by atoms with E-state index in [1.807, 2.05) is 0 Å². The number of ether oxygens (including phenoxy) is 4. The highest BCUT2D eigenvalue weighted by Crippen LogP contribution is 2.37. The van der Waals surface area contributed by atoms with Gasteiger partial charge in [0.15, 0.2) is 29.6 Å². The summed E-state index contributed by atoms with van der Waals surface area (Å²) in [6, 6.07) is 10.5. The van der Waals surface area contributed by atoms with Crippen LogP contribution in [0.3, 0.4) is 0 Å². The summed E-state index contributed by atoms with van der Waals surface area (Å²) in [5.74, 6) is 1.90. The van der Waals surface area contributed by atoms with Crippen LogP contribution in [-0.2, 0) is 4.79 Å². The van der Waals surface area contributed by atoms with Gasteiger partial charge in [-0.15, -0.1) is 0 Å². The van der Waals surface area contributed by atoms with Crippen molar-refractivity contribution in [3.8, 4) is 23.0 Å². The predicted octanol–water partition coefficient (Wildman–Crippen LogP) is 2.82. The zero-order valence-corrected chi connectivity index (χ0v) is 16.7. The fourth-order valence-electron chi connectivity index (χ4n) is 2.79. The van der Waals surface area contributed by atoms with Gasteiger partial charge in [-0.05, 0) is 47.7 Å². The van der Waals surface area contributed by atoms with Gasteiger partial charge in [-0.1, -0.05) is 6.07 Å². The van der Waals surface area contributed by atoms with Gasteiger partial charge in [0.2, 0.25) is 6.79 Å². The highest BCUT2D eigenvalue weighted by atomic mass is 32.2. The van der Waals surface area contributed by atoms with Gasteiger partial charge in [0.05, 0.1) is 17.7 Å². The monoisotopic (exact) mass is 427 g/mol. The number of carbonyl (C=O) groups excluding carboxylic acids is 2. The van der Waals surface area contributed by atoms with E-state index in [0.717, 1.165) is 17.3 Å². The molecule has 9 nitrogen and oxygen atoms in total. The minimum absolute atomic E-state index is 0.171. The van der Waals surface area contributed by atoms with Gasteiger partial charge in [0.1, 0.15) is 5.84 Å². The second kappa shape index (κ2) is 8.37. The Balaban J connectivity index is 1.63. The van der Waals surface area contributed by atoms with Crippen LogP contribution in [0.5, 0.6) is 23.0 Å². The van der Waals surface area contributed by atoms with Gasteiger partial charge in [-0.25, -0.2) is 4.99 Å². The molecule has 0 radical (unpaired) electrons. The second-order valence-electron chi connectivity index (χ2n) is 6.19. The summed E-state index contributed by atoms with van der Waals surface area (Å²) in [6.45, 7) is -0.104. The standard InChI is InChI=1S/C20H17N3O6S/c1-26-13-4-2-11(6-15(13)27-9-18(21)24)7-17-19(23-20(25)30-17)22-12-3-5-14-16(8-12)29-10-28-14/h2-8H,9-10H2,1H3,(H2,21,24)(H,22,23,25)/b17-7-. The highest BCUT2D eigenvalue weighted by molar-refractivity contribution is 8.18. The Bertz CT molecular complexity index is 1080.